The van der Waals surface area contributed by atoms with Crippen molar-refractivity contribution in [1.82, 2.24) is 5.32 Å². The van der Waals surface area contributed by atoms with Crippen molar-refractivity contribution in [2.45, 2.75) is 6.18 Å². The Hall–Kier alpha value is -2.54. The molecule has 24 heavy (non-hydrogen) atoms. The van der Waals surface area contributed by atoms with Crippen LogP contribution in [-0.2, 0) is 11.0 Å². The van der Waals surface area contributed by atoms with Gasteiger partial charge in [-0.2, -0.15) is 13.2 Å². The number of amides is 1. The molecule has 1 fully saturated rings. The zero-order valence-electron chi connectivity index (χ0n) is 12.2. The van der Waals surface area contributed by atoms with Crippen LogP contribution in [-0.4, -0.2) is 11.1 Å². The largest absolute Gasteiger partial charge is 0.416 e. The molecule has 0 radical (unpaired) electrons. The summed E-state index contributed by atoms with van der Waals surface area (Å²) in [6.45, 7) is 0. The fourth-order valence-corrected chi connectivity index (χ4v) is 2.86. The number of carbonyl (C=O) groups excluding carboxylic acids is 1. The number of nitrogens with zero attached hydrogens (tertiary/aromatic N) is 1. The first kappa shape index (κ1) is 16.3. The molecule has 1 amide bonds. The Morgan fingerprint density at radius 3 is 2.29 bits per heavy atom. The van der Waals surface area contributed by atoms with Crippen LogP contribution in [0, 0.1) is 0 Å². The van der Waals surface area contributed by atoms with Gasteiger partial charge in [0.2, 0.25) is 0 Å². The first-order chi connectivity index (χ1) is 11.4. The minimum atomic E-state index is -4.37. The number of halogens is 3. The van der Waals surface area contributed by atoms with E-state index in [0.717, 1.165) is 23.9 Å². The molecule has 2 aromatic carbocycles. The number of hydrogen-bond donors (Lipinski definition) is 1. The molecule has 2 aromatic rings. The standard InChI is InChI=1S/C17H11F3N2OS/c18-17(19,20)12-8-6-11(7-9-12)10-14-15(23)22-16(24-14)21-13-4-2-1-3-5-13/h1-10H,(H,21,22,23)/b14-10+. The second-order valence-corrected chi connectivity index (χ2v) is 5.97. The smallest absolute Gasteiger partial charge is 0.300 e. The van der Waals surface area contributed by atoms with Gasteiger partial charge in [0.05, 0.1) is 16.2 Å². The van der Waals surface area contributed by atoms with Crippen molar-refractivity contribution in [3.05, 3.63) is 70.6 Å². The van der Waals surface area contributed by atoms with Gasteiger partial charge in [0, 0.05) is 0 Å². The second-order valence-electron chi connectivity index (χ2n) is 4.94. The summed E-state index contributed by atoms with van der Waals surface area (Å²) in [5.74, 6) is -0.324. The maximum atomic E-state index is 12.5. The van der Waals surface area contributed by atoms with Crippen LogP contribution in [0.5, 0.6) is 0 Å². The van der Waals surface area contributed by atoms with Crippen LogP contribution in [0.15, 0.2) is 64.5 Å². The number of benzene rings is 2. The predicted octanol–water partition coefficient (Wildman–Crippen LogP) is 4.60. The van der Waals surface area contributed by atoms with E-state index in [1.165, 1.54) is 18.2 Å². The van der Waals surface area contributed by atoms with Gasteiger partial charge < -0.3 is 5.32 Å². The summed E-state index contributed by atoms with van der Waals surface area (Å²) in [5, 5.41) is 3.07. The Bertz CT molecular complexity index is 812. The highest BCUT2D eigenvalue weighted by molar-refractivity contribution is 8.18. The van der Waals surface area contributed by atoms with Crippen molar-refractivity contribution in [2.24, 2.45) is 4.99 Å². The van der Waals surface area contributed by atoms with Gasteiger partial charge in [0.1, 0.15) is 0 Å². The average Bonchev–Trinajstić information content (AvgIpc) is 2.87. The van der Waals surface area contributed by atoms with E-state index in [4.69, 9.17) is 0 Å². The molecule has 0 saturated carbocycles. The van der Waals surface area contributed by atoms with Gasteiger partial charge in [-0.15, -0.1) is 0 Å². The first-order valence-electron chi connectivity index (χ1n) is 6.94. The summed E-state index contributed by atoms with van der Waals surface area (Å²) in [7, 11) is 0. The molecule has 0 bridgehead atoms. The van der Waals surface area contributed by atoms with Crippen LogP contribution in [0.2, 0.25) is 0 Å². The lowest BCUT2D eigenvalue weighted by Gasteiger charge is -2.06. The van der Waals surface area contributed by atoms with Crippen LogP contribution >= 0.6 is 11.8 Å². The Kier molecular flexibility index (Phi) is 4.44. The molecule has 0 aromatic heterocycles. The number of thioether (sulfide) groups is 1. The SMILES string of the molecule is O=C1NC(=Nc2ccccc2)S/C1=C/c1ccc(C(F)(F)F)cc1. The predicted molar refractivity (Wildman–Crippen MR) is 88.7 cm³/mol. The molecule has 1 N–H and O–H groups in total. The quantitative estimate of drug-likeness (QED) is 0.806. The van der Waals surface area contributed by atoms with E-state index in [9.17, 15) is 18.0 Å². The molecule has 7 heteroatoms. The van der Waals surface area contributed by atoms with E-state index in [1.54, 1.807) is 12.1 Å². The molecule has 1 aliphatic heterocycles. The van der Waals surface area contributed by atoms with Crippen molar-refractivity contribution in [2.75, 3.05) is 0 Å². The summed E-state index contributed by atoms with van der Waals surface area (Å²) < 4.78 is 37.6. The maximum absolute atomic E-state index is 12.5. The van der Waals surface area contributed by atoms with Crippen LogP contribution in [0.1, 0.15) is 11.1 Å². The number of nitrogens with one attached hydrogen (secondary N) is 1. The van der Waals surface area contributed by atoms with E-state index in [2.05, 4.69) is 10.3 Å². The van der Waals surface area contributed by atoms with E-state index >= 15 is 0 Å². The number of carbonyl (C=O) groups is 1. The summed E-state index contributed by atoms with van der Waals surface area (Å²) in [5.41, 5.74) is 0.497. The van der Waals surface area contributed by atoms with Gasteiger partial charge in [-0.3, -0.25) is 4.79 Å². The fourth-order valence-electron chi connectivity index (χ4n) is 2.02. The van der Waals surface area contributed by atoms with Gasteiger partial charge in [-0.05, 0) is 47.7 Å². The number of para-hydroxylation sites is 1. The lowest BCUT2D eigenvalue weighted by Crippen LogP contribution is -2.19. The van der Waals surface area contributed by atoms with E-state index in [-0.39, 0.29) is 5.91 Å². The Morgan fingerprint density at radius 1 is 1.00 bits per heavy atom. The number of rotatable bonds is 2. The normalized spacial score (nSPS) is 18.2. The Labute approximate surface area is 140 Å². The number of alkyl halides is 3. The molecule has 1 heterocycles. The third-order valence-corrected chi connectivity index (χ3v) is 4.08. The summed E-state index contributed by atoms with van der Waals surface area (Å²) in [6, 6.07) is 13.8. The Morgan fingerprint density at radius 2 is 1.67 bits per heavy atom. The van der Waals surface area contributed by atoms with Gasteiger partial charge >= 0.3 is 6.18 Å². The lowest BCUT2D eigenvalue weighted by molar-refractivity contribution is -0.137. The minimum Gasteiger partial charge on any atom is -0.300 e. The molecule has 0 aliphatic carbocycles. The molecule has 3 nitrogen and oxygen atoms in total. The molecule has 0 atom stereocenters. The fraction of sp³-hybridized carbons (Fsp3) is 0.0588. The zero-order chi connectivity index (χ0) is 17.2. The third-order valence-electron chi connectivity index (χ3n) is 3.17. The Balaban J connectivity index is 1.79. The van der Waals surface area contributed by atoms with Crippen LogP contribution < -0.4 is 5.32 Å². The maximum Gasteiger partial charge on any atom is 0.416 e. The minimum absolute atomic E-state index is 0.324. The van der Waals surface area contributed by atoms with Crippen molar-refractivity contribution in [3.8, 4) is 0 Å². The van der Waals surface area contributed by atoms with Gasteiger partial charge in [0.25, 0.3) is 5.91 Å². The second kappa shape index (κ2) is 6.52. The van der Waals surface area contributed by atoms with Gasteiger partial charge in [0.15, 0.2) is 5.17 Å². The molecule has 0 spiro atoms. The summed E-state index contributed by atoms with van der Waals surface area (Å²) in [6.07, 6.45) is -2.84. The zero-order valence-corrected chi connectivity index (χ0v) is 13.0. The molecule has 0 unspecified atom stereocenters. The molecule has 1 saturated heterocycles. The highest BCUT2D eigenvalue weighted by atomic mass is 32.2. The summed E-state index contributed by atoms with van der Waals surface area (Å²) >= 11 is 1.15. The molecular formula is C17H11F3N2OS. The van der Waals surface area contributed by atoms with Crippen LogP contribution in [0.4, 0.5) is 18.9 Å². The monoisotopic (exact) mass is 348 g/mol. The average molecular weight is 348 g/mol. The van der Waals surface area contributed by atoms with Gasteiger partial charge in [-0.1, -0.05) is 30.3 Å². The molecule has 1 aliphatic rings. The molecule has 122 valence electrons. The van der Waals surface area contributed by atoms with E-state index in [0.29, 0.717) is 21.3 Å². The van der Waals surface area contributed by atoms with Crippen molar-refractivity contribution < 1.29 is 18.0 Å². The molecule has 3 rings (SSSR count). The number of amidine groups is 1. The van der Waals surface area contributed by atoms with Crippen LogP contribution in [0.3, 0.4) is 0 Å². The molecular weight excluding hydrogens is 337 g/mol. The van der Waals surface area contributed by atoms with Crippen LogP contribution in [0.25, 0.3) is 6.08 Å². The highest BCUT2D eigenvalue weighted by Gasteiger charge is 2.30. The highest BCUT2D eigenvalue weighted by Crippen LogP contribution is 2.31. The summed E-state index contributed by atoms with van der Waals surface area (Å²) in [4.78, 5) is 16.6. The van der Waals surface area contributed by atoms with E-state index < -0.39 is 11.7 Å². The van der Waals surface area contributed by atoms with Gasteiger partial charge in [-0.25, -0.2) is 4.99 Å². The lowest BCUT2D eigenvalue weighted by atomic mass is 10.1. The number of hydrogen-bond acceptors (Lipinski definition) is 3. The third kappa shape index (κ3) is 3.86. The van der Waals surface area contributed by atoms with Crippen molar-refractivity contribution >= 4 is 34.6 Å². The number of aliphatic imine (C=N–C) groups is 1. The van der Waals surface area contributed by atoms with E-state index in [1.807, 2.05) is 18.2 Å². The first-order valence-corrected chi connectivity index (χ1v) is 7.75. The topological polar surface area (TPSA) is 41.5 Å². The van der Waals surface area contributed by atoms with Crippen molar-refractivity contribution in [3.63, 3.8) is 0 Å². The van der Waals surface area contributed by atoms with Crippen molar-refractivity contribution in [1.29, 1.82) is 0 Å².